The van der Waals surface area contributed by atoms with Crippen molar-refractivity contribution < 1.29 is 9.72 Å². The molecule has 0 spiro atoms. The standard InChI is InChI=1S/C17H13ClN4O3/c1-11-5-6-14(8-16(11)18)21-17(23)12(9-19)10-20-13-3-2-4-15(7-13)22(24)25/h2-8,10,20H,1H3,(H,21,23)/b12-10-. The van der Waals surface area contributed by atoms with E-state index < -0.39 is 10.8 Å². The number of nitriles is 1. The highest BCUT2D eigenvalue weighted by molar-refractivity contribution is 6.31. The Morgan fingerprint density at radius 2 is 2.04 bits per heavy atom. The van der Waals surface area contributed by atoms with Crippen LogP contribution in [0.25, 0.3) is 0 Å². The predicted octanol–water partition coefficient (Wildman–Crippen LogP) is 4.01. The zero-order chi connectivity index (χ0) is 18.4. The largest absolute Gasteiger partial charge is 0.360 e. The number of amides is 1. The monoisotopic (exact) mass is 356 g/mol. The summed E-state index contributed by atoms with van der Waals surface area (Å²) in [5.41, 5.74) is 1.41. The Hall–Kier alpha value is -3.37. The first-order chi connectivity index (χ1) is 11.9. The fraction of sp³-hybridized carbons (Fsp3) is 0.0588. The number of hydrogen-bond donors (Lipinski definition) is 2. The van der Waals surface area contributed by atoms with Gasteiger partial charge < -0.3 is 10.6 Å². The van der Waals surface area contributed by atoms with E-state index in [4.69, 9.17) is 16.9 Å². The van der Waals surface area contributed by atoms with Gasteiger partial charge in [-0.2, -0.15) is 5.26 Å². The molecule has 25 heavy (non-hydrogen) atoms. The van der Waals surface area contributed by atoms with Crippen molar-refractivity contribution in [2.75, 3.05) is 10.6 Å². The molecule has 2 aromatic carbocycles. The molecule has 2 rings (SSSR count). The minimum Gasteiger partial charge on any atom is -0.360 e. The maximum Gasteiger partial charge on any atom is 0.271 e. The number of carbonyl (C=O) groups is 1. The van der Waals surface area contributed by atoms with Crippen LogP contribution in [0.3, 0.4) is 0 Å². The first-order valence-corrected chi connectivity index (χ1v) is 7.47. The molecule has 2 N–H and O–H groups in total. The van der Waals surface area contributed by atoms with E-state index in [1.165, 1.54) is 24.4 Å². The van der Waals surface area contributed by atoms with E-state index in [0.29, 0.717) is 16.4 Å². The molecule has 0 saturated heterocycles. The summed E-state index contributed by atoms with van der Waals surface area (Å²) < 4.78 is 0. The molecule has 126 valence electrons. The average molecular weight is 357 g/mol. The van der Waals surface area contributed by atoms with Crippen molar-refractivity contribution in [3.8, 4) is 6.07 Å². The van der Waals surface area contributed by atoms with E-state index in [1.807, 2.05) is 6.92 Å². The van der Waals surface area contributed by atoms with Gasteiger partial charge in [0.2, 0.25) is 0 Å². The van der Waals surface area contributed by atoms with E-state index in [9.17, 15) is 14.9 Å². The lowest BCUT2D eigenvalue weighted by molar-refractivity contribution is -0.384. The Balaban J connectivity index is 2.12. The topological polar surface area (TPSA) is 108 Å². The quantitative estimate of drug-likeness (QED) is 0.364. The van der Waals surface area contributed by atoms with Crippen LogP contribution in [0.4, 0.5) is 17.1 Å². The first kappa shape index (κ1) is 18.0. The predicted molar refractivity (Wildman–Crippen MR) is 95.2 cm³/mol. The van der Waals surface area contributed by atoms with Crippen LogP contribution in [0.5, 0.6) is 0 Å². The lowest BCUT2D eigenvalue weighted by atomic mass is 10.2. The third-order valence-electron chi connectivity index (χ3n) is 3.23. The van der Waals surface area contributed by atoms with Crippen LogP contribution < -0.4 is 10.6 Å². The molecule has 0 aliphatic carbocycles. The Bertz CT molecular complexity index is 903. The molecule has 0 unspecified atom stereocenters. The van der Waals surface area contributed by atoms with Crippen LogP contribution in [0.2, 0.25) is 5.02 Å². The number of benzene rings is 2. The van der Waals surface area contributed by atoms with E-state index >= 15 is 0 Å². The van der Waals surface area contributed by atoms with Gasteiger partial charge in [-0.05, 0) is 30.7 Å². The van der Waals surface area contributed by atoms with E-state index in [1.54, 1.807) is 30.3 Å². The zero-order valence-corrected chi connectivity index (χ0v) is 13.9. The number of nitro groups is 1. The number of rotatable bonds is 5. The minimum atomic E-state index is -0.625. The van der Waals surface area contributed by atoms with E-state index in [0.717, 1.165) is 5.56 Å². The number of aryl methyl sites for hydroxylation is 1. The average Bonchev–Trinajstić information content (AvgIpc) is 2.59. The SMILES string of the molecule is Cc1ccc(NC(=O)/C(C#N)=C\Nc2cccc([N+](=O)[O-])c2)cc1Cl. The molecule has 1 amide bonds. The summed E-state index contributed by atoms with van der Waals surface area (Å²) in [7, 11) is 0. The van der Waals surface area contributed by atoms with Gasteiger partial charge in [0.25, 0.3) is 11.6 Å². The van der Waals surface area contributed by atoms with Crippen LogP contribution in [0.1, 0.15) is 5.56 Å². The summed E-state index contributed by atoms with van der Waals surface area (Å²) in [5.74, 6) is -0.625. The Morgan fingerprint density at radius 3 is 2.68 bits per heavy atom. The lowest BCUT2D eigenvalue weighted by Gasteiger charge is -2.07. The van der Waals surface area contributed by atoms with Crippen molar-refractivity contribution in [3.63, 3.8) is 0 Å². The molecular weight excluding hydrogens is 344 g/mol. The number of nitrogens with zero attached hydrogens (tertiary/aromatic N) is 2. The second-order valence-corrected chi connectivity index (χ2v) is 5.45. The van der Waals surface area contributed by atoms with Gasteiger partial charge in [-0.1, -0.05) is 23.7 Å². The van der Waals surface area contributed by atoms with Crippen LogP contribution in [0.15, 0.2) is 54.2 Å². The number of nitrogens with one attached hydrogen (secondary N) is 2. The van der Waals surface area contributed by atoms with Gasteiger partial charge >= 0.3 is 0 Å². The van der Waals surface area contributed by atoms with Crippen molar-refractivity contribution >= 4 is 34.6 Å². The molecule has 0 aliphatic heterocycles. The molecular formula is C17H13ClN4O3. The van der Waals surface area contributed by atoms with Gasteiger partial charge in [-0.15, -0.1) is 0 Å². The third kappa shape index (κ3) is 4.80. The molecule has 0 radical (unpaired) electrons. The van der Waals surface area contributed by atoms with Crippen molar-refractivity contribution in [3.05, 3.63) is 74.9 Å². The highest BCUT2D eigenvalue weighted by Gasteiger charge is 2.11. The lowest BCUT2D eigenvalue weighted by Crippen LogP contribution is -2.14. The highest BCUT2D eigenvalue weighted by atomic mass is 35.5. The molecule has 0 aromatic heterocycles. The molecule has 0 aliphatic rings. The van der Waals surface area contributed by atoms with Crippen molar-refractivity contribution in [1.29, 1.82) is 5.26 Å². The summed E-state index contributed by atoms with van der Waals surface area (Å²) in [5, 5.41) is 25.6. The zero-order valence-electron chi connectivity index (χ0n) is 13.1. The molecule has 0 bridgehead atoms. The summed E-state index contributed by atoms with van der Waals surface area (Å²) in [6, 6.07) is 12.5. The van der Waals surface area contributed by atoms with Crippen LogP contribution >= 0.6 is 11.6 Å². The summed E-state index contributed by atoms with van der Waals surface area (Å²) in [6.07, 6.45) is 1.18. The molecule has 8 heteroatoms. The molecule has 0 fully saturated rings. The molecule has 0 saturated carbocycles. The fourth-order valence-corrected chi connectivity index (χ4v) is 2.06. The summed E-state index contributed by atoms with van der Waals surface area (Å²) in [4.78, 5) is 22.4. The highest BCUT2D eigenvalue weighted by Crippen LogP contribution is 2.21. The van der Waals surface area contributed by atoms with Crippen LogP contribution in [-0.2, 0) is 4.79 Å². The Labute approximate surface area is 148 Å². The minimum absolute atomic E-state index is 0.101. The van der Waals surface area contributed by atoms with Crippen molar-refractivity contribution in [1.82, 2.24) is 0 Å². The van der Waals surface area contributed by atoms with Gasteiger partial charge in [0.1, 0.15) is 11.6 Å². The molecule has 0 heterocycles. The van der Waals surface area contributed by atoms with E-state index in [-0.39, 0.29) is 11.3 Å². The van der Waals surface area contributed by atoms with Crippen LogP contribution in [0, 0.1) is 28.4 Å². The number of anilines is 2. The maximum absolute atomic E-state index is 12.1. The second-order valence-electron chi connectivity index (χ2n) is 5.04. The van der Waals surface area contributed by atoms with Crippen molar-refractivity contribution in [2.24, 2.45) is 0 Å². The van der Waals surface area contributed by atoms with Crippen molar-refractivity contribution in [2.45, 2.75) is 6.92 Å². The first-order valence-electron chi connectivity index (χ1n) is 7.09. The molecule has 7 nitrogen and oxygen atoms in total. The summed E-state index contributed by atoms with van der Waals surface area (Å²) >= 11 is 5.99. The van der Waals surface area contributed by atoms with Gasteiger partial charge in [-0.3, -0.25) is 14.9 Å². The Kier molecular flexibility index (Phi) is 5.71. The number of hydrogen-bond acceptors (Lipinski definition) is 5. The fourth-order valence-electron chi connectivity index (χ4n) is 1.88. The number of nitro benzene ring substituents is 1. The van der Waals surface area contributed by atoms with Crippen LogP contribution in [-0.4, -0.2) is 10.8 Å². The number of non-ortho nitro benzene ring substituents is 1. The third-order valence-corrected chi connectivity index (χ3v) is 3.64. The Morgan fingerprint density at radius 1 is 1.28 bits per heavy atom. The molecule has 0 atom stereocenters. The molecule has 2 aromatic rings. The van der Waals surface area contributed by atoms with Gasteiger partial charge in [0, 0.05) is 34.7 Å². The van der Waals surface area contributed by atoms with Gasteiger partial charge in [-0.25, -0.2) is 0 Å². The number of halogens is 1. The summed E-state index contributed by atoms with van der Waals surface area (Å²) in [6.45, 7) is 1.83. The van der Waals surface area contributed by atoms with E-state index in [2.05, 4.69) is 10.6 Å². The maximum atomic E-state index is 12.1. The second kappa shape index (κ2) is 7.95. The van der Waals surface area contributed by atoms with Gasteiger partial charge in [0.05, 0.1) is 4.92 Å². The van der Waals surface area contributed by atoms with Gasteiger partial charge in [0.15, 0.2) is 0 Å². The number of carbonyl (C=O) groups excluding carboxylic acids is 1. The normalized spacial score (nSPS) is 10.7. The smallest absolute Gasteiger partial charge is 0.271 e.